The lowest BCUT2D eigenvalue weighted by Crippen LogP contribution is -1.93. The number of nitrogens with zero attached hydrogens (tertiary/aromatic N) is 1. The molecule has 1 aliphatic heterocycles. The molecule has 2 nitrogen and oxygen atoms in total. The standard InChI is InChI=1S/C12H11NS.H2O/c1-2-4-10(5-3-1)12-7-6-11-8-14-9-13(11)12;/h1-7H,8-9H2;1H2. The molecule has 0 radical (unpaired) electrons. The summed E-state index contributed by atoms with van der Waals surface area (Å²) in [6.45, 7) is 0. The highest BCUT2D eigenvalue weighted by Gasteiger charge is 2.14. The van der Waals surface area contributed by atoms with Crippen molar-refractivity contribution in [3.05, 3.63) is 48.2 Å². The van der Waals surface area contributed by atoms with Gasteiger partial charge >= 0.3 is 0 Å². The van der Waals surface area contributed by atoms with Gasteiger partial charge in [0.1, 0.15) is 0 Å². The van der Waals surface area contributed by atoms with Crippen LogP contribution in [0.2, 0.25) is 0 Å². The van der Waals surface area contributed by atoms with Gasteiger partial charge in [-0.2, -0.15) is 0 Å². The minimum absolute atomic E-state index is 0. The number of rotatable bonds is 1. The minimum atomic E-state index is 0. The molecule has 2 aromatic rings. The third-order valence-electron chi connectivity index (χ3n) is 2.61. The Hall–Kier alpha value is -1.19. The molecule has 2 N–H and O–H groups in total. The van der Waals surface area contributed by atoms with Gasteiger partial charge in [0.15, 0.2) is 0 Å². The predicted molar refractivity (Wildman–Crippen MR) is 64.8 cm³/mol. The highest BCUT2D eigenvalue weighted by atomic mass is 32.2. The van der Waals surface area contributed by atoms with Crippen molar-refractivity contribution in [3.63, 3.8) is 0 Å². The van der Waals surface area contributed by atoms with E-state index in [0.717, 1.165) is 11.6 Å². The maximum Gasteiger partial charge on any atom is 0.0689 e. The van der Waals surface area contributed by atoms with Crippen LogP contribution in [0.15, 0.2) is 42.5 Å². The maximum atomic E-state index is 2.40. The summed E-state index contributed by atoms with van der Waals surface area (Å²) in [6.07, 6.45) is 0. The summed E-state index contributed by atoms with van der Waals surface area (Å²) in [6, 6.07) is 15.1. The van der Waals surface area contributed by atoms with Crippen LogP contribution in [0.1, 0.15) is 5.69 Å². The second-order valence-corrected chi connectivity index (χ2v) is 4.44. The normalized spacial score (nSPS) is 13.3. The van der Waals surface area contributed by atoms with Gasteiger partial charge in [-0.15, -0.1) is 11.8 Å². The van der Waals surface area contributed by atoms with Crippen molar-refractivity contribution in [2.75, 3.05) is 0 Å². The highest BCUT2D eigenvalue weighted by Crippen LogP contribution is 2.31. The third kappa shape index (κ3) is 1.68. The van der Waals surface area contributed by atoms with Gasteiger partial charge in [0.2, 0.25) is 0 Å². The molecule has 0 amide bonds. The zero-order valence-electron chi connectivity index (χ0n) is 8.31. The van der Waals surface area contributed by atoms with E-state index in [1.54, 1.807) is 0 Å². The predicted octanol–water partition coefficient (Wildman–Crippen LogP) is 2.53. The van der Waals surface area contributed by atoms with Gasteiger partial charge in [-0.3, -0.25) is 0 Å². The smallest absolute Gasteiger partial charge is 0.0689 e. The fraction of sp³-hybridized carbons (Fsp3) is 0.167. The molecule has 0 saturated heterocycles. The van der Waals surface area contributed by atoms with E-state index in [2.05, 4.69) is 47.0 Å². The number of thioether (sulfide) groups is 1. The summed E-state index contributed by atoms with van der Waals surface area (Å²) in [5.41, 5.74) is 4.13. The van der Waals surface area contributed by atoms with Crippen LogP contribution in [0.5, 0.6) is 0 Å². The Balaban J connectivity index is 0.000000853. The number of benzene rings is 1. The summed E-state index contributed by atoms with van der Waals surface area (Å²) < 4.78 is 2.40. The molecule has 0 unspecified atom stereocenters. The number of hydrogen-bond acceptors (Lipinski definition) is 1. The van der Waals surface area contributed by atoms with E-state index in [4.69, 9.17) is 0 Å². The second-order valence-electron chi connectivity index (χ2n) is 3.48. The lowest BCUT2D eigenvalue weighted by atomic mass is 10.1. The zero-order chi connectivity index (χ0) is 9.38. The Morgan fingerprint density at radius 1 is 1.00 bits per heavy atom. The monoisotopic (exact) mass is 219 g/mol. The van der Waals surface area contributed by atoms with E-state index < -0.39 is 0 Å². The fourth-order valence-corrected chi connectivity index (χ4v) is 2.93. The van der Waals surface area contributed by atoms with Crippen LogP contribution in [-0.2, 0) is 11.6 Å². The van der Waals surface area contributed by atoms with Crippen molar-refractivity contribution in [1.29, 1.82) is 0 Å². The van der Waals surface area contributed by atoms with Gasteiger partial charge in [0.05, 0.1) is 5.88 Å². The molecule has 78 valence electrons. The molecule has 0 atom stereocenters. The van der Waals surface area contributed by atoms with Crippen molar-refractivity contribution in [2.45, 2.75) is 11.6 Å². The molecule has 1 aromatic heterocycles. The van der Waals surface area contributed by atoms with E-state index >= 15 is 0 Å². The zero-order valence-corrected chi connectivity index (χ0v) is 9.13. The van der Waals surface area contributed by atoms with E-state index in [-0.39, 0.29) is 5.48 Å². The van der Waals surface area contributed by atoms with E-state index in [1.165, 1.54) is 17.0 Å². The van der Waals surface area contributed by atoms with Gasteiger partial charge < -0.3 is 10.0 Å². The first-order valence-corrected chi connectivity index (χ1v) is 5.92. The largest absolute Gasteiger partial charge is 0.412 e. The Morgan fingerprint density at radius 3 is 2.60 bits per heavy atom. The molecule has 0 bridgehead atoms. The van der Waals surface area contributed by atoms with Crippen molar-refractivity contribution >= 4 is 11.8 Å². The first-order chi connectivity index (χ1) is 6.95. The maximum absolute atomic E-state index is 2.40. The highest BCUT2D eigenvalue weighted by molar-refractivity contribution is 7.97. The number of aromatic nitrogens is 1. The van der Waals surface area contributed by atoms with Gasteiger partial charge in [-0.05, 0) is 17.7 Å². The molecule has 2 heterocycles. The van der Waals surface area contributed by atoms with E-state index in [9.17, 15) is 0 Å². The second kappa shape index (κ2) is 4.13. The summed E-state index contributed by atoms with van der Waals surface area (Å²) in [4.78, 5) is 0. The first kappa shape index (κ1) is 10.3. The van der Waals surface area contributed by atoms with Gasteiger partial charge in [-0.25, -0.2) is 0 Å². The van der Waals surface area contributed by atoms with Gasteiger partial charge in [0, 0.05) is 17.1 Å². The SMILES string of the molecule is O.c1ccc(-c2ccc3n2CSC3)cc1. The Bertz CT molecular complexity index is 450. The molecular weight excluding hydrogens is 206 g/mol. The third-order valence-corrected chi connectivity index (χ3v) is 3.55. The van der Waals surface area contributed by atoms with Crippen LogP contribution < -0.4 is 0 Å². The van der Waals surface area contributed by atoms with Crippen LogP contribution in [0, 0.1) is 0 Å². The first-order valence-electron chi connectivity index (χ1n) is 4.77. The molecule has 0 saturated carbocycles. The molecule has 3 heteroatoms. The molecule has 3 rings (SSSR count). The van der Waals surface area contributed by atoms with Crippen molar-refractivity contribution in [3.8, 4) is 11.3 Å². The van der Waals surface area contributed by atoms with Crippen LogP contribution in [0.4, 0.5) is 0 Å². The van der Waals surface area contributed by atoms with E-state index in [0.29, 0.717) is 0 Å². The number of fused-ring (bicyclic) bond motifs is 1. The van der Waals surface area contributed by atoms with Gasteiger partial charge in [0.25, 0.3) is 0 Å². The molecule has 15 heavy (non-hydrogen) atoms. The number of hydrogen-bond donors (Lipinski definition) is 0. The lowest BCUT2D eigenvalue weighted by molar-refractivity contribution is 0.824. The van der Waals surface area contributed by atoms with Crippen LogP contribution >= 0.6 is 11.8 Å². The lowest BCUT2D eigenvalue weighted by Gasteiger charge is -2.04. The molecule has 0 fully saturated rings. The molecular formula is C12H13NOS. The summed E-state index contributed by atoms with van der Waals surface area (Å²) in [7, 11) is 0. The Labute approximate surface area is 93.2 Å². The molecule has 0 aliphatic carbocycles. The quantitative estimate of drug-likeness (QED) is 0.726. The topological polar surface area (TPSA) is 36.4 Å². The van der Waals surface area contributed by atoms with Crippen LogP contribution in [-0.4, -0.2) is 10.0 Å². The van der Waals surface area contributed by atoms with Crippen molar-refractivity contribution in [1.82, 2.24) is 4.57 Å². The van der Waals surface area contributed by atoms with Crippen LogP contribution in [0.25, 0.3) is 11.3 Å². The van der Waals surface area contributed by atoms with Gasteiger partial charge in [-0.1, -0.05) is 30.3 Å². The summed E-state index contributed by atoms with van der Waals surface area (Å²) >= 11 is 1.98. The van der Waals surface area contributed by atoms with Crippen molar-refractivity contribution < 1.29 is 5.48 Å². The fourth-order valence-electron chi connectivity index (χ4n) is 1.89. The molecule has 0 spiro atoms. The molecule has 1 aliphatic rings. The van der Waals surface area contributed by atoms with Crippen LogP contribution in [0.3, 0.4) is 0 Å². The molecule has 1 aromatic carbocycles. The Morgan fingerprint density at radius 2 is 1.80 bits per heavy atom. The van der Waals surface area contributed by atoms with Crippen molar-refractivity contribution in [2.24, 2.45) is 0 Å². The summed E-state index contributed by atoms with van der Waals surface area (Å²) in [5.74, 6) is 2.26. The average Bonchev–Trinajstić information content (AvgIpc) is 2.79. The summed E-state index contributed by atoms with van der Waals surface area (Å²) in [5, 5.41) is 0. The average molecular weight is 219 g/mol. The minimum Gasteiger partial charge on any atom is -0.412 e. The van der Waals surface area contributed by atoms with E-state index in [1.807, 2.05) is 11.8 Å². The Kier molecular flexibility index (Phi) is 2.84.